The van der Waals surface area contributed by atoms with Crippen molar-refractivity contribution in [3.63, 3.8) is 0 Å². The Morgan fingerprint density at radius 2 is 1.70 bits per heavy atom. The summed E-state index contributed by atoms with van der Waals surface area (Å²) in [6.07, 6.45) is 2.64. The quantitative estimate of drug-likeness (QED) is 0.651. The van der Waals surface area contributed by atoms with E-state index in [1.54, 1.807) is 7.11 Å². The minimum Gasteiger partial charge on any atom is -0.497 e. The maximum absolute atomic E-state index is 11.2. The molecule has 0 unspecified atom stereocenters. The number of aromatic nitrogens is 2. The normalized spacial score (nSPS) is 11.2. The smallest absolute Gasteiger partial charge is 0.209 e. The van der Waals surface area contributed by atoms with Gasteiger partial charge < -0.3 is 10.1 Å². The minimum atomic E-state index is -3.21. The van der Waals surface area contributed by atoms with Gasteiger partial charge in [-0.15, -0.1) is 0 Å². The van der Waals surface area contributed by atoms with Gasteiger partial charge in [-0.05, 0) is 42.0 Å². The van der Waals surface area contributed by atoms with Gasteiger partial charge in [-0.3, -0.25) is 0 Å². The molecule has 0 aliphatic heterocycles. The molecule has 140 valence electrons. The third-order valence-electron chi connectivity index (χ3n) is 3.82. The summed E-state index contributed by atoms with van der Waals surface area (Å²) in [5.74, 6) is 1.45. The van der Waals surface area contributed by atoms with Crippen LogP contribution in [0.5, 0.6) is 5.75 Å². The van der Waals surface area contributed by atoms with Gasteiger partial charge in [0.2, 0.25) is 10.0 Å². The number of anilines is 2. The van der Waals surface area contributed by atoms with E-state index in [-0.39, 0.29) is 6.54 Å². The predicted octanol–water partition coefficient (Wildman–Crippen LogP) is 2.95. The van der Waals surface area contributed by atoms with Crippen LogP contribution in [-0.4, -0.2) is 31.8 Å². The molecule has 7 nitrogen and oxygen atoms in total. The lowest BCUT2D eigenvalue weighted by Gasteiger charge is -2.09. The monoisotopic (exact) mass is 384 g/mol. The molecule has 2 aromatic carbocycles. The zero-order valence-corrected chi connectivity index (χ0v) is 15.8. The molecule has 0 fully saturated rings. The van der Waals surface area contributed by atoms with Crippen LogP contribution in [0.1, 0.15) is 5.56 Å². The van der Waals surface area contributed by atoms with Gasteiger partial charge >= 0.3 is 0 Å². The molecule has 0 spiro atoms. The van der Waals surface area contributed by atoms with Crippen LogP contribution >= 0.6 is 0 Å². The molecule has 27 heavy (non-hydrogen) atoms. The molecule has 0 aliphatic rings. The summed E-state index contributed by atoms with van der Waals surface area (Å²) in [4.78, 5) is 8.56. The highest BCUT2D eigenvalue weighted by Crippen LogP contribution is 2.23. The second-order valence-electron chi connectivity index (χ2n) is 5.93. The Bertz CT molecular complexity index is 1000. The van der Waals surface area contributed by atoms with E-state index >= 15 is 0 Å². The summed E-state index contributed by atoms with van der Waals surface area (Å²) in [7, 11) is -1.58. The molecule has 0 bridgehead atoms. The van der Waals surface area contributed by atoms with Gasteiger partial charge in [-0.1, -0.05) is 12.1 Å². The van der Waals surface area contributed by atoms with E-state index < -0.39 is 10.0 Å². The molecule has 2 N–H and O–H groups in total. The van der Waals surface area contributed by atoms with E-state index in [4.69, 9.17) is 4.74 Å². The number of methoxy groups -OCH3 is 1. The van der Waals surface area contributed by atoms with E-state index in [0.717, 1.165) is 34.5 Å². The molecule has 0 atom stereocenters. The van der Waals surface area contributed by atoms with Crippen LogP contribution in [-0.2, 0) is 16.6 Å². The molecule has 1 heterocycles. The lowest BCUT2D eigenvalue weighted by Crippen LogP contribution is -2.21. The number of rotatable bonds is 7. The Morgan fingerprint density at radius 1 is 1.00 bits per heavy atom. The third kappa shape index (κ3) is 5.50. The molecular formula is C19H20N4O3S. The van der Waals surface area contributed by atoms with Crippen LogP contribution in [0.2, 0.25) is 0 Å². The molecule has 0 saturated heterocycles. The summed E-state index contributed by atoms with van der Waals surface area (Å²) in [6.45, 7) is 0.258. The molecule has 1 aromatic heterocycles. The van der Waals surface area contributed by atoms with E-state index in [2.05, 4.69) is 20.0 Å². The van der Waals surface area contributed by atoms with Crippen LogP contribution in [0, 0.1) is 0 Å². The minimum absolute atomic E-state index is 0.258. The highest BCUT2D eigenvalue weighted by Gasteiger charge is 2.04. The topological polar surface area (TPSA) is 93.2 Å². The van der Waals surface area contributed by atoms with Crippen LogP contribution in [0.4, 0.5) is 11.5 Å². The lowest BCUT2D eigenvalue weighted by atomic mass is 10.1. The van der Waals surface area contributed by atoms with Crippen molar-refractivity contribution in [1.82, 2.24) is 14.7 Å². The van der Waals surface area contributed by atoms with Crippen LogP contribution in [0.15, 0.2) is 60.9 Å². The van der Waals surface area contributed by atoms with Gasteiger partial charge in [0, 0.05) is 23.9 Å². The Hall–Kier alpha value is -2.97. The van der Waals surface area contributed by atoms with Crippen LogP contribution in [0.3, 0.4) is 0 Å². The van der Waals surface area contributed by atoms with Gasteiger partial charge in [-0.2, -0.15) is 0 Å². The van der Waals surface area contributed by atoms with E-state index in [9.17, 15) is 8.42 Å². The fraction of sp³-hybridized carbons (Fsp3) is 0.158. The van der Waals surface area contributed by atoms with E-state index in [0.29, 0.717) is 5.82 Å². The average Bonchev–Trinajstić information content (AvgIpc) is 2.67. The fourth-order valence-electron chi connectivity index (χ4n) is 2.41. The van der Waals surface area contributed by atoms with Crippen molar-refractivity contribution >= 4 is 21.5 Å². The predicted molar refractivity (Wildman–Crippen MR) is 105 cm³/mol. The van der Waals surface area contributed by atoms with Gasteiger partial charge in [0.1, 0.15) is 17.9 Å². The summed E-state index contributed by atoms with van der Waals surface area (Å²) in [5.41, 5.74) is 3.47. The number of ether oxygens (including phenoxy) is 1. The molecule has 3 rings (SSSR count). The fourth-order valence-corrected chi connectivity index (χ4v) is 2.84. The summed E-state index contributed by atoms with van der Waals surface area (Å²) < 4.78 is 29.9. The van der Waals surface area contributed by atoms with Gasteiger partial charge in [0.15, 0.2) is 0 Å². The van der Waals surface area contributed by atoms with Crippen LogP contribution in [0.25, 0.3) is 11.3 Å². The first kappa shape index (κ1) is 18.8. The van der Waals surface area contributed by atoms with Gasteiger partial charge in [0.25, 0.3) is 0 Å². The number of nitrogens with one attached hydrogen (secondary N) is 2. The SMILES string of the molecule is COc1ccc(-c2cc(Nc3ccc(CNS(C)(=O)=O)cc3)ncn2)cc1. The maximum Gasteiger partial charge on any atom is 0.209 e. The molecule has 8 heteroatoms. The highest BCUT2D eigenvalue weighted by molar-refractivity contribution is 7.88. The van der Waals surface area contributed by atoms with Crippen molar-refractivity contribution in [1.29, 1.82) is 0 Å². The maximum atomic E-state index is 11.2. The number of hydrogen-bond acceptors (Lipinski definition) is 6. The van der Waals surface area contributed by atoms with E-state index in [1.165, 1.54) is 6.33 Å². The Balaban J connectivity index is 1.70. The van der Waals surface area contributed by atoms with Gasteiger partial charge in [-0.25, -0.2) is 23.1 Å². The molecule has 0 radical (unpaired) electrons. The summed E-state index contributed by atoms with van der Waals surface area (Å²) in [5, 5.41) is 3.22. The van der Waals surface area contributed by atoms with Crippen LogP contribution < -0.4 is 14.8 Å². The number of benzene rings is 2. The third-order valence-corrected chi connectivity index (χ3v) is 4.49. The highest BCUT2D eigenvalue weighted by atomic mass is 32.2. The average molecular weight is 384 g/mol. The number of nitrogens with zero attached hydrogens (tertiary/aromatic N) is 2. The molecule has 0 saturated carbocycles. The molecular weight excluding hydrogens is 364 g/mol. The van der Waals surface area contributed by atoms with Crippen molar-refractivity contribution in [2.24, 2.45) is 0 Å². The number of hydrogen-bond donors (Lipinski definition) is 2. The Morgan fingerprint density at radius 3 is 2.33 bits per heavy atom. The summed E-state index contributed by atoms with van der Waals surface area (Å²) >= 11 is 0. The molecule has 0 amide bonds. The van der Waals surface area contributed by atoms with Crippen molar-refractivity contribution < 1.29 is 13.2 Å². The van der Waals surface area contributed by atoms with E-state index in [1.807, 2.05) is 54.6 Å². The largest absolute Gasteiger partial charge is 0.497 e. The second kappa shape index (κ2) is 8.15. The molecule has 0 aliphatic carbocycles. The van der Waals surface area contributed by atoms with Crippen molar-refractivity contribution in [3.05, 3.63) is 66.5 Å². The summed E-state index contributed by atoms with van der Waals surface area (Å²) in [6, 6.07) is 17.0. The molecule has 3 aromatic rings. The first-order valence-electron chi connectivity index (χ1n) is 8.20. The number of sulfonamides is 1. The van der Waals surface area contributed by atoms with Gasteiger partial charge in [0.05, 0.1) is 19.1 Å². The second-order valence-corrected chi connectivity index (χ2v) is 7.77. The lowest BCUT2D eigenvalue weighted by molar-refractivity contribution is 0.415. The Labute approximate surface area is 158 Å². The van der Waals surface area contributed by atoms with Crippen molar-refractivity contribution in [2.75, 3.05) is 18.7 Å². The first-order valence-corrected chi connectivity index (χ1v) is 10.1. The Kier molecular flexibility index (Phi) is 5.68. The zero-order chi connectivity index (χ0) is 19.3. The van der Waals surface area contributed by atoms with Crippen molar-refractivity contribution in [2.45, 2.75) is 6.54 Å². The standard InChI is InChI=1S/C19H20N4O3S/c1-26-17-9-5-15(6-10-17)18-11-19(21-13-20-18)23-16-7-3-14(4-8-16)12-22-27(2,24)25/h3-11,13,22H,12H2,1-2H3,(H,20,21,23). The van der Waals surface area contributed by atoms with Crippen molar-refractivity contribution in [3.8, 4) is 17.0 Å². The zero-order valence-electron chi connectivity index (χ0n) is 15.0. The first-order chi connectivity index (χ1) is 12.9.